The highest BCUT2D eigenvalue weighted by atomic mass is 16.5. The molecule has 102 valence electrons. The predicted molar refractivity (Wildman–Crippen MR) is 75.7 cm³/mol. The highest BCUT2D eigenvalue weighted by Gasteiger charge is 2.03. The van der Waals surface area contributed by atoms with E-state index in [1.54, 1.807) is 0 Å². The van der Waals surface area contributed by atoms with Gasteiger partial charge in [-0.3, -0.25) is 0 Å². The van der Waals surface area contributed by atoms with Crippen LogP contribution in [0.4, 0.5) is 0 Å². The van der Waals surface area contributed by atoms with E-state index in [0.717, 1.165) is 48.9 Å². The molecule has 1 heterocycles. The van der Waals surface area contributed by atoms with Crippen LogP contribution in [-0.2, 0) is 13.0 Å². The molecule has 18 heavy (non-hydrogen) atoms. The number of rotatable bonds is 8. The SMILES string of the molecule is CCCc1cc(CN)cc(OCCCC(C)C)n1. The Kier molecular flexibility index (Phi) is 6.73. The Balaban J connectivity index is 2.55. The summed E-state index contributed by atoms with van der Waals surface area (Å²) in [6, 6.07) is 4.03. The van der Waals surface area contributed by atoms with Crippen molar-refractivity contribution in [1.29, 1.82) is 0 Å². The minimum absolute atomic E-state index is 0.543. The molecule has 3 nitrogen and oxygen atoms in total. The third kappa shape index (κ3) is 5.50. The fraction of sp³-hybridized carbons (Fsp3) is 0.667. The second kappa shape index (κ2) is 8.09. The van der Waals surface area contributed by atoms with Crippen LogP contribution in [0, 0.1) is 5.92 Å². The molecule has 0 bridgehead atoms. The normalized spacial score (nSPS) is 10.9. The average molecular weight is 250 g/mol. The average Bonchev–Trinajstić information content (AvgIpc) is 2.34. The van der Waals surface area contributed by atoms with Crippen LogP contribution in [0.5, 0.6) is 5.88 Å². The molecular formula is C15H26N2O. The standard InChI is InChI=1S/C15H26N2O/c1-4-6-14-9-13(11-16)10-15(17-14)18-8-5-7-12(2)3/h9-10,12H,4-8,11,16H2,1-3H3. The largest absolute Gasteiger partial charge is 0.478 e. The van der Waals surface area contributed by atoms with Gasteiger partial charge in [-0.1, -0.05) is 27.2 Å². The molecule has 0 saturated heterocycles. The van der Waals surface area contributed by atoms with E-state index in [1.807, 2.05) is 6.07 Å². The Bertz CT molecular complexity index is 350. The van der Waals surface area contributed by atoms with Crippen molar-refractivity contribution in [2.45, 2.75) is 53.0 Å². The fourth-order valence-electron chi connectivity index (χ4n) is 1.86. The van der Waals surface area contributed by atoms with Crippen LogP contribution in [0.15, 0.2) is 12.1 Å². The molecule has 0 aromatic carbocycles. The second-order valence-electron chi connectivity index (χ2n) is 5.14. The summed E-state index contributed by atoms with van der Waals surface area (Å²) in [5.74, 6) is 1.46. The predicted octanol–water partition coefficient (Wildman–Crippen LogP) is 3.31. The number of aryl methyl sites for hydroxylation is 1. The van der Waals surface area contributed by atoms with Gasteiger partial charge in [0.15, 0.2) is 0 Å². The lowest BCUT2D eigenvalue weighted by Gasteiger charge is -2.10. The minimum atomic E-state index is 0.543. The lowest BCUT2D eigenvalue weighted by molar-refractivity contribution is 0.286. The third-order valence-electron chi connectivity index (χ3n) is 2.83. The zero-order valence-electron chi connectivity index (χ0n) is 11.9. The molecular weight excluding hydrogens is 224 g/mol. The third-order valence-corrected chi connectivity index (χ3v) is 2.83. The van der Waals surface area contributed by atoms with E-state index >= 15 is 0 Å². The lowest BCUT2D eigenvalue weighted by atomic mass is 10.1. The van der Waals surface area contributed by atoms with Crippen LogP contribution in [-0.4, -0.2) is 11.6 Å². The quantitative estimate of drug-likeness (QED) is 0.720. The Morgan fingerprint density at radius 1 is 1.33 bits per heavy atom. The Labute approximate surface area is 111 Å². The molecule has 0 fully saturated rings. The van der Waals surface area contributed by atoms with Crippen LogP contribution in [0.3, 0.4) is 0 Å². The van der Waals surface area contributed by atoms with Gasteiger partial charge in [0, 0.05) is 18.3 Å². The van der Waals surface area contributed by atoms with Gasteiger partial charge in [-0.05, 0) is 36.8 Å². The molecule has 0 aliphatic carbocycles. The molecule has 1 aromatic rings. The number of aromatic nitrogens is 1. The highest BCUT2D eigenvalue weighted by molar-refractivity contribution is 5.25. The van der Waals surface area contributed by atoms with Crippen molar-refractivity contribution >= 4 is 0 Å². The summed E-state index contributed by atoms with van der Waals surface area (Å²) in [4.78, 5) is 4.51. The molecule has 0 atom stereocenters. The number of pyridine rings is 1. The fourth-order valence-corrected chi connectivity index (χ4v) is 1.86. The molecule has 0 amide bonds. The molecule has 0 radical (unpaired) electrons. The van der Waals surface area contributed by atoms with E-state index in [0.29, 0.717) is 6.54 Å². The zero-order chi connectivity index (χ0) is 13.4. The topological polar surface area (TPSA) is 48.1 Å². The van der Waals surface area contributed by atoms with Gasteiger partial charge < -0.3 is 10.5 Å². The van der Waals surface area contributed by atoms with Gasteiger partial charge in [-0.25, -0.2) is 4.98 Å². The minimum Gasteiger partial charge on any atom is -0.478 e. The summed E-state index contributed by atoms with van der Waals surface area (Å²) in [6.45, 7) is 7.89. The van der Waals surface area contributed by atoms with Crippen LogP contribution < -0.4 is 10.5 Å². The zero-order valence-corrected chi connectivity index (χ0v) is 11.9. The van der Waals surface area contributed by atoms with Crippen molar-refractivity contribution in [3.8, 4) is 5.88 Å². The molecule has 2 N–H and O–H groups in total. The molecule has 0 unspecified atom stereocenters. The summed E-state index contributed by atoms with van der Waals surface area (Å²) >= 11 is 0. The highest BCUT2D eigenvalue weighted by Crippen LogP contribution is 2.14. The maximum absolute atomic E-state index is 5.72. The van der Waals surface area contributed by atoms with E-state index < -0.39 is 0 Å². The van der Waals surface area contributed by atoms with Crippen molar-refractivity contribution in [2.24, 2.45) is 11.7 Å². The van der Waals surface area contributed by atoms with E-state index in [-0.39, 0.29) is 0 Å². The van der Waals surface area contributed by atoms with Gasteiger partial charge >= 0.3 is 0 Å². The second-order valence-corrected chi connectivity index (χ2v) is 5.14. The van der Waals surface area contributed by atoms with Crippen LogP contribution in [0.1, 0.15) is 51.3 Å². The number of hydrogen-bond donors (Lipinski definition) is 1. The van der Waals surface area contributed by atoms with Crippen LogP contribution >= 0.6 is 0 Å². The van der Waals surface area contributed by atoms with Gasteiger partial charge in [0.05, 0.1) is 6.61 Å². The molecule has 3 heteroatoms. The monoisotopic (exact) mass is 250 g/mol. The summed E-state index contributed by atoms with van der Waals surface area (Å²) < 4.78 is 5.72. The van der Waals surface area contributed by atoms with Gasteiger partial charge in [-0.2, -0.15) is 0 Å². The maximum Gasteiger partial charge on any atom is 0.213 e. The van der Waals surface area contributed by atoms with Crippen molar-refractivity contribution in [3.05, 3.63) is 23.4 Å². The van der Waals surface area contributed by atoms with E-state index in [4.69, 9.17) is 10.5 Å². The maximum atomic E-state index is 5.72. The first-order chi connectivity index (χ1) is 8.65. The molecule has 1 rings (SSSR count). The molecule has 0 aliphatic rings. The summed E-state index contributed by atoms with van der Waals surface area (Å²) in [6.07, 6.45) is 4.34. The van der Waals surface area contributed by atoms with Gasteiger partial charge in [-0.15, -0.1) is 0 Å². The summed E-state index contributed by atoms with van der Waals surface area (Å²) in [7, 11) is 0. The Morgan fingerprint density at radius 2 is 2.11 bits per heavy atom. The van der Waals surface area contributed by atoms with Gasteiger partial charge in [0.2, 0.25) is 5.88 Å². The van der Waals surface area contributed by atoms with Crippen molar-refractivity contribution in [2.75, 3.05) is 6.61 Å². The number of nitrogens with two attached hydrogens (primary N) is 1. The summed E-state index contributed by atoms with van der Waals surface area (Å²) in [5.41, 5.74) is 7.88. The first kappa shape index (κ1) is 15.0. The van der Waals surface area contributed by atoms with Crippen molar-refractivity contribution < 1.29 is 4.74 Å². The number of nitrogens with zero attached hydrogens (tertiary/aromatic N) is 1. The Morgan fingerprint density at radius 3 is 2.72 bits per heavy atom. The van der Waals surface area contributed by atoms with Crippen LogP contribution in [0.2, 0.25) is 0 Å². The Hall–Kier alpha value is -1.09. The van der Waals surface area contributed by atoms with E-state index in [2.05, 4.69) is 31.8 Å². The molecule has 1 aromatic heterocycles. The van der Waals surface area contributed by atoms with E-state index in [9.17, 15) is 0 Å². The van der Waals surface area contributed by atoms with Gasteiger partial charge in [0.1, 0.15) is 0 Å². The van der Waals surface area contributed by atoms with Crippen LogP contribution in [0.25, 0.3) is 0 Å². The first-order valence-electron chi connectivity index (χ1n) is 6.98. The molecule has 0 aliphatic heterocycles. The number of hydrogen-bond acceptors (Lipinski definition) is 3. The lowest BCUT2D eigenvalue weighted by Crippen LogP contribution is -2.05. The molecule has 0 spiro atoms. The number of ether oxygens (including phenoxy) is 1. The van der Waals surface area contributed by atoms with E-state index in [1.165, 1.54) is 6.42 Å². The van der Waals surface area contributed by atoms with Crippen molar-refractivity contribution in [1.82, 2.24) is 4.98 Å². The smallest absolute Gasteiger partial charge is 0.213 e. The van der Waals surface area contributed by atoms with Crippen molar-refractivity contribution in [3.63, 3.8) is 0 Å². The van der Waals surface area contributed by atoms with Gasteiger partial charge in [0.25, 0.3) is 0 Å². The molecule has 0 saturated carbocycles. The summed E-state index contributed by atoms with van der Waals surface area (Å²) in [5, 5.41) is 0. The first-order valence-corrected chi connectivity index (χ1v) is 6.98.